The van der Waals surface area contributed by atoms with E-state index < -0.39 is 5.97 Å². The van der Waals surface area contributed by atoms with Crippen molar-refractivity contribution in [3.63, 3.8) is 0 Å². The summed E-state index contributed by atoms with van der Waals surface area (Å²) in [5.74, 6) is -1.66. The zero-order valence-corrected chi connectivity index (χ0v) is 9.51. The number of hydrogen-bond acceptors (Lipinski definition) is 2. The number of carboxylic acids is 1. The molecule has 0 fully saturated rings. The number of aromatic carboxylic acids is 1. The van der Waals surface area contributed by atoms with Crippen molar-refractivity contribution >= 4 is 22.6 Å². The highest BCUT2D eigenvalue weighted by molar-refractivity contribution is 6.01. The Kier molecular flexibility index (Phi) is 2.13. The highest BCUT2D eigenvalue weighted by Gasteiger charge is 2.29. The van der Waals surface area contributed by atoms with Crippen LogP contribution in [0.25, 0.3) is 10.8 Å². The average Bonchev–Trinajstić information content (AvgIpc) is 2.70. The Balaban J connectivity index is 2.31. The number of carbonyl (C=O) groups excluding carboxylic acids is 1. The summed E-state index contributed by atoms with van der Waals surface area (Å²) in [6.45, 7) is 0. The smallest absolute Gasteiger partial charge is 0.335 e. The normalized spacial score (nSPS) is 17.0. The second kappa shape index (κ2) is 3.57. The third kappa shape index (κ3) is 1.39. The standard InChI is InChI=1S/C14H11NO3/c15-13(16)11-6-8-5-9(14(17)18)4-7-2-1-3-10(11)12(7)8/h1-5,11H,6H2,(H2,15,16)(H,17,18). The summed E-state index contributed by atoms with van der Waals surface area (Å²) in [6, 6.07) is 8.84. The van der Waals surface area contributed by atoms with E-state index in [0.29, 0.717) is 6.42 Å². The number of nitrogens with two attached hydrogens (primary N) is 1. The van der Waals surface area contributed by atoms with Crippen molar-refractivity contribution in [3.05, 3.63) is 47.0 Å². The maximum absolute atomic E-state index is 11.4. The first kappa shape index (κ1) is 10.8. The molecule has 1 amide bonds. The lowest BCUT2D eigenvalue weighted by Crippen LogP contribution is -2.20. The molecule has 0 aliphatic heterocycles. The van der Waals surface area contributed by atoms with Gasteiger partial charge in [0, 0.05) is 0 Å². The fourth-order valence-electron chi connectivity index (χ4n) is 2.71. The van der Waals surface area contributed by atoms with Gasteiger partial charge < -0.3 is 10.8 Å². The first-order chi connectivity index (χ1) is 8.58. The lowest BCUT2D eigenvalue weighted by atomic mass is 9.99. The number of hydrogen-bond donors (Lipinski definition) is 2. The SMILES string of the molecule is NC(=O)C1Cc2cc(C(=O)O)cc3cccc1c23. The monoisotopic (exact) mass is 241 g/mol. The maximum atomic E-state index is 11.4. The van der Waals surface area contributed by atoms with Crippen LogP contribution in [0.2, 0.25) is 0 Å². The van der Waals surface area contributed by atoms with Crippen molar-refractivity contribution in [2.45, 2.75) is 12.3 Å². The molecule has 0 heterocycles. The lowest BCUT2D eigenvalue weighted by molar-refractivity contribution is -0.119. The van der Waals surface area contributed by atoms with E-state index in [0.717, 1.165) is 21.9 Å². The minimum Gasteiger partial charge on any atom is -0.478 e. The van der Waals surface area contributed by atoms with Gasteiger partial charge in [0.25, 0.3) is 0 Å². The molecule has 1 unspecified atom stereocenters. The van der Waals surface area contributed by atoms with Gasteiger partial charge in [0.15, 0.2) is 0 Å². The van der Waals surface area contributed by atoms with E-state index >= 15 is 0 Å². The molecule has 18 heavy (non-hydrogen) atoms. The molecule has 3 N–H and O–H groups in total. The van der Waals surface area contributed by atoms with Crippen molar-refractivity contribution in [1.29, 1.82) is 0 Å². The largest absolute Gasteiger partial charge is 0.478 e. The molecule has 0 aromatic heterocycles. The van der Waals surface area contributed by atoms with Crippen LogP contribution >= 0.6 is 0 Å². The number of carbonyl (C=O) groups is 2. The molecule has 4 heteroatoms. The zero-order chi connectivity index (χ0) is 12.9. The molecule has 0 saturated carbocycles. The van der Waals surface area contributed by atoms with Crippen LogP contribution in [0.15, 0.2) is 30.3 Å². The Morgan fingerprint density at radius 3 is 2.72 bits per heavy atom. The molecule has 0 saturated heterocycles. The van der Waals surface area contributed by atoms with Gasteiger partial charge in [0.2, 0.25) is 5.91 Å². The third-order valence-electron chi connectivity index (χ3n) is 3.48. The van der Waals surface area contributed by atoms with E-state index in [4.69, 9.17) is 10.8 Å². The summed E-state index contributed by atoms with van der Waals surface area (Å²) in [5, 5.41) is 10.9. The molecule has 3 rings (SSSR count). The molecule has 1 aliphatic rings. The summed E-state index contributed by atoms with van der Waals surface area (Å²) in [5.41, 5.74) is 7.45. The minimum absolute atomic E-state index is 0.250. The molecular weight excluding hydrogens is 230 g/mol. The van der Waals surface area contributed by atoms with E-state index in [9.17, 15) is 9.59 Å². The van der Waals surface area contributed by atoms with Gasteiger partial charge in [-0.3, -0.25) is 4.79 Å². The highest BCUT2D eigenvalue weighted by Crippen LogP contribution is 2.38. The van der Waals surface area contributed by atoms with Crippen LogP contribution in [0.5, 0.6) is 0 Å². The summed E-state index contributed by atoms with van der Waals surface area (Å²) >= 11 is 0. The van der Waals surface area contributed by atoms with Gasteiger partial charge in [-0.25, -0.2) is 4.79 Å². The number of rotatable bonds is 2. The van der Waals surface area contributed by atoms with Crippen LogP contribution < -0.4 is 5.73 Å². The molecular formula is C14H11NO3. The molecule has 1 atom stereocenters. The van der Waals surface area contributed by atoms with E-state index in [2.05, 4.69) is 0 Å². The van der Waals surface area contributed by atoms with E-state index in [1.165, 1.54) is 0 Å². The Morgan fingerprint density at radius 1 is 1.28 bits per heavy atom. The van der Waals surface area contributed by atoms with E-state index in [-0.39, 0.29) is 17.4 Å². The number of amides is 1. The summed E-state index contributed by atoms with van der Waals surface area (Å²) in [4.78, 5) is 22.5. The quantitative estimate of drug-likeness (QED) is 0.839. The van der Waals surface area contributed by atoms with Crippen LogP contribution in [-0.2, 0) is 11.2 Å². The summed E-state index contributed by atoms with van der Waals surface area (Å²) in [7, 11) is 0. The second-order valence-corrected chi connectivity index (χ2v) is 4.54. The summed E-state index contributed by atoms with van der Waals surface area (Å²) < 4.78 is 0. The van der Waals surface area contributed by atoms with Crippen LogP contribution in [0, 0.1) is 0 Å². The Hall–Kier alpha value is -2.36. The van der Waals surface area contributed by atoms with Crippen molar-refractivity contribution in [2.75, 3.05) is 0 Å². The van der Waals surface area contributed by atoms with Gasteiger partial charge in [-0.05, 0) is 40.5 Å². The van der Waals surface area contributed by atoms with Crippen molar-refractivity contribution in [1.82, 2.24) is 0 Å². The average molecular weight is 241 g/mol. The predicted molar refractivity (Wildman–Crippen MR) is 66.5 cm³/mol. The van der Waals surface area contributed by atoms with Crippen LogP contribution in [-0.4, -0.2) is 17.0 Å². The second-order valence-electron chi connectivity index (χ2n) is 4.54. The molecule has 0 bridgehead atoms. The molecule has 0 spiro atoms. The van der Waals surface area contributed by atoms with Gasteiger partial charge in [-0.1, -0.05) is 18.2 Å². The summed E-state index contributed by atoms with van der Waals surface area (Å²) in [6.07, 6.45) is 0.492. The zero-order valence-electron chi connectivity index (χ0n) is 9.51. The predicted octanol–water partition coefficient (Wildman–Crippen LogP) is 1.66. The van der Waals surface area contributed by atoms with Crippen molar-refractivity contribution < 1.29 is 14.7 Å². The van der Waals surface area contributed by atoms with Gasteiger partial charge >= 0.3 is 5.97 Å². The molecule has 2 aromatic carbocycles. The Labute approximate surface area is 103 Å². The van der Waals surface area contributed by atoms with Crippen molar-refractivity contribution in [3.8, 4) is 0 Å². The molecule has 90 valence electrons. The van der Waals surface area contributed by atoms with Gasteiger partial charge in [-0.15, -0.1) is 0 Å². The van der Waals surface area contributed by atoms with Crippen LogP contribution in [0.3, 0.4) is 0 Å². The van der Waals surface area contributed by atoms with Crippen LogP contribution in [0.1, 0.15) is 27.4 Å². The lowest BCUT2D eigenvalue weighted by Gasteiger charge is -2.06. The Bertz CT molecular complexity index is 691. The van der Waals surface area contributed by atoms with Gasteiger partial charge in [0.05, 0.1) is 11.5 Å². The van der Waals surface area contributed by atoms with Gasteiger partial charge in [-0.2, -0.15) is 0 Å². The topological polar surface area (TPSA) is 80.4 Å². The van der Waals surface area contributed by atoms with E-state index in [1.807, 2.05) is 18.2 Å². The first-order valence-electron chi connectivity index (χ1n) is 5.66. The highest BCUT2D eigenvalue weighted by atomic mass is 16.4. The number of primary amides is 1. The number of benzene rings is 2. The first-order valence-corrected chi connectivity index (χ1v) is 5.66. The molecule has 1 aliphatic carbocycles. The minimum atomic E-state index is -0.957. The van der Waals surface area contributed by atoms with E-state index in [1.54, 1.807) is 12.1 Å². The van der Waals surface area contributed by atoms with Gasteiger partial charge in [0.1, 0.15) is 0 Å². The maximum Gasteiger partial charge on any atom is 0.335 e. The van der Waals surface area contributed by atoms with Crippen molar-refractivity contribution in [2.24, 2.45) is 5.73 Å². The fraction of sp³-hybridized carbons (Fsp3) is 0.143. The van der Waals surface area contributed by atoms with Crippen LogP contribution in [0.4, 0.5) is 0 Å². The third-order valence-corrected chi connectivity index (χ3v) is 3.48. The number of carboxylic acid groups (broad SMARTS) is 1. The fourth-order valence-corrected chi connectivity index (χ4v) is 2.71. The molecule has 0 radical (unpaired) electrons. The molecule has 4 nitrogen and oxygen atoms in total. The molecule has 2 aromatic rings. The Morgan fingerprint density at radius 2 is 2.06 bits per heavy atom.